The van der Waals surface area contributed by atoms with Crippen LogP contribution < -0.4 is 10.6 Å². The second-order valence-corrected chi connectivity index (χ2v) is 7.65. The van der Waals surface area contributed by atoms with Crippen molar-refractivity contribution in [2.45, 2.75) is 95.9 Å². The van der Waals surface area contributed by atoms with Gasteiger partial charge in [-0.25, -0.2) is 0 Å². The average Bonchev–Trinajstić information content (AvgIpc) is 2.67. The molecule has 1 aliphatic heterocycles. The van der Waals surface area contributed by atoms with Gasteiger partial charge >= 0.3 is 5.97 Å². The van der Waals surface area contributed by atoms with Crippen LogP contribution in [0.4, 0.5) is 0 Å². The largest absolute Gasteiger partial charge is 0.481 e. The molecule has 0 bridgehead atoms. The van der Waals surface area contributed by atoms with E-state index in [0.717, 1.165) is 58.3 Å². The highest BCUT2D eigenvalue weighted by molar-refractivity contribution is 5.77. The molecule has 0 aromatic rings. The van der Waals surface area contributed by atoms with Gasteiger partial charge in [0.1, 0.15) is 0 Å². The zero-order valence-electron chi connectivity index (χ0n) is 17.0. The first-order valence-corrected chi connectivity index (χ1v) is 11.0. The first-order chi connectivity index (χ1) is 13.2. The van der Waals surface area contributed by atoms with Gasteiger partial charge in [0.05, 0.1) is 6.54 Å². The van der Waals surface area contributed by atoms with Crippen molar-refractivity contribution in [2.24, 2.45) is 0 Å². The van der Waals surface area contributed by atoms with E-state index in [0.29, 0.717) is 19.0 Å². The average molecular weight is 385 g/mol. The first-order valence-electron chi connectivity index (χ1n) is 11.0. The minimum Gasteiger partial charge on any atom is -0.481 e. The van der Waals surface area contributed by atoms with Gasteiger partial charge in [-0.2, -0.15) is 0 Å². The molecule has 0 radical (unpaired) electrons. The number of hydrogen-bond donors (Lipinski definition) is 3. The second-order valence-electron chi connectivity index (χ2n) is 7.65. The van der Waals surface area contributed by atoms with Crippen molar-refractivity contribution in [3.8, 4) is 0 Å². The normalized spacial score (nSPS) is 15.0. The fourth-order valence-corrected chi connectivity index (χ4v) is 3.42. The van der Waals surface area contributed by atoms with Gasteiger partial charge in [0, 0.05) is 32.2 Å². The molecule has 6 nitrogen and oxygen atoms in total. The van der Waals surface area contributed by atoms with Crippen LogP contribution in [0.3, 0.4) is 0 Å². The predicted molar refractivity (Wildman–Crippen MR) is 108 cm³/mol. The summed E-state index contributed by atoms with van der Waals surface area (Å²) in [5.74, 6) is -0.578. The number of carbonyl (C=O) groups is 2. The standard InChI is InChI=1S/C21H40N2O4/c24-20(18-23-19-13-16-27-17-14-19)22-15-11-9-7-5-3-1-2-4-6-8-10-12-21(25)26/h19,23H,1-18H2,(H,22,24)(H,25,26). The molecule has 1 saturated heterocycles. The van der Waals surface area contributed by atoms with Gasteiger partial charge in [0.2, 0.25) is 5.91 Å². The number of hydrogen-bond acceptors (Lipinski definition) is 4. The molecule has 0 atom stereocenters. The van der Waals surface area contributed by atoms with Crippen LogP contribution in [0.15, 0.2) is 0 Å². The molecule has 0 aromatic heterocycles. The molecule has 1 fully saturated rings. The molecule has 3 N–H and O–H groups in total. The van der Waals surface area contributed by atoms with Gasteiger partial charge in [-0.1, -0.05) is 57.8 Å². The Morgan fingerprint density at radius 1 is 0.815 bits per heavy atom. The molecule has 0 spiro atoms. The third-order valence-corrected chi connectivity index (χ3v) is 5.16. The molecular weight excluding hydrogens is 344 g/mol. The number of carbonyl (C=O) groups excluding carboxylic acids is 1. The number of rotatable bonds is 17. The van der Waals surface area contributed by atoms with E-state index in [1.165, 1.54) is 44.9 Å². The molecular formula is C21H40N2O4. The number of ether oxygens (including phenoxy) is 1. The summed E-state index contributed by atoms with van der Waals surface area (Å²) in [6.45, 7) is 2.80. The van der Waals surface area contributed by atoms with Crippen molar-refractivity contribution in [1.29, 1.82) is 0 Å². The van der Waals surface area contributed by atoms with Crippen LogP contribution in [0.5, 0.6) is 0 Å². The van der Waals surface area contributed by atoms with Gasteiger partial charge in [-0.15, -0.1) is 0 Å². The summed E-state index contributed by atoms with van der Waals surface area (Å²) < 4.78 is 5.31. The lowest BCUT2D eigenvalue weighted by Gasteiger charge is -2.22. The summed E-state index contributed by atoms with van der Waals surface area (Å²) in [5.41, 5.74) is 0. The minimum atomic E-state index is -0.679. The van der Waals surface area contributed by atoms with Crippen LogP contribution in [0.2, 0.25) is 0 Å². The monoisotopic (exact) mass is 384 g/mol. The second kappa shape index (κ2) is 17.0. The van der Waals surface area contributed by atoms with Gasteiger partial charge < -0.3 is 20.5 Å². The maximum Gasteiger partial charge on any atom is 0.303 e. The Balaban J connectivity index is 1.74. The number of unbranched alkanes of at least 4 members (excludes halogenated alkanes) is 10. The van der Waals surface area contributed by atoms with Crippen molar-refractivity contribution in [3.63, 3.8) is 0 Å². The maximum absolute atomic E-state index is 11.8. The maximum atomic E-state index is 11.8. The molecule has 1 amide bonds. The zero-order valence-corrected chi connectivity index (χ0v) is 17.0. The van der Waals surface area contributed by atoms with E-state index in [4.69, 9.17) is 9.84 Å². The number of amides is 1. The summed E-state index contributed by atoms with van der Waals surface area (Å²) in [4.78, 5) is 22.2. The van der Waals surface area contributed by atoms with E-state index in [1.807, 2.05) is 0 Å². The van der Waals surface area contributed by atoms with E-state index in [2.05, 4.69) is 10.6 Å². The highest BCUT2D eigenvalue weighted by Crippen LogP contribution is 2.12. The van der Waals surface area contributed by atoms with Gasteiger partial charge in [-0.3, -0.25) is 9.59 Å². The van der Waals surface area contributed by atoms with Crippen LogP contribution in [-0.2, 0) is 14.3 Å². The summed E-state index contributed by atoms with van der Waals surface area (Å²) in [6.07, 6.45) is 15.2. The molecule has 1 aliphatic rings. The minimum absolute atomic E-state index is 0.102. The third kappa shape index (κ3) is 15.6. The lowest BCUT2D eigenvalue weighted by Crippen LogP contribution is -2.41. The highest BCUT2D eigenvalue weighted by Gasteiger charge is 2.13. The van der Waals surface area contributed by atoms with Crippen LogP contribution >= 0.6 is 0 Å². The predicted octanol–water partition coefficient (Wildman–Crippen LogP) is 3.64. The summed E-state index contributed by atoms with van der Waals surface area (Å²) in [5, 5.41) is 14.9. The molecule has 158 valence electrons. The lowest BCUT2D eigenvalue weighted by atomic mass is 10.1. The fourth-order valence-electron chi connectivity index (χ4n) is 3.42. The molecule has 1 rings (SSSR count). The summed E-state index contributed by atoms with van der Waals surface area (Å²) in [7, 11) is 0. The third-order valence-electron chi connectivity index (χ3n) is 5.16. The van der Waals surface area contributed by atoms with Gasteiger partial charge in [-0.05, 0) is 25.7 Å². The van der Waals surface area contributed by atoms with Crippen molar-refractivity contribution >= 4 is 11.9 Å². The van der Waals surface area contributed by atoms with Crippen LogP contribution in [-0.4, -0.2) is 49.3 Å². The molecule has 0 saturated carbocycles. The van der Waals surface area contributed by atoms with E-state index < -0.39 is 5.97 Å². The van der Waals surface area contributed by atoms with Crippen LogP contribution in [0.1, 0.15) is 89.9 Å². The Kier molecular flexibility index (Phi) is 15.0. The van der Waals surface area contributed by atoms with Crippen LogP contribution in [0, 0.1) is 0 Å². The topological polar surface area (TPSA) is 87.7 Å². The summed E-state index contributed by atoms with van der Waals surface area (Å²) >= 11 is 0. The van der Waals surface area contributed by atoms with Crippen molar-refractivity contribution in [1.82, 2.24) is 10.6 Å². The number of carboxylic acids is 1. The zero-order chi connectivity index (χ0) is 19.6. The van der Waals surface area contributed by atoms with E-state index in [9.17, 15) is 9.59 Å². The molecule has 0 aromatic carbocycles. The van der Waals surface area contributed by atoms with Gasteiger partial charge in [0.25, 0.3) is 0 Å². The fraction of sp³-hybridized carbons (Fsp3) is 0.905. The molecule has 1 heterocycles. The molecule has 27 heavy (non-hydrogen) atoms. The summed E-state index contributed by atoms with van der Waals surface area (Å²) in [6, 6.07) is 0.425. The van der Waals surface area contributed by atoms with Crippen molar-refractivity contribution < 1.29 is 19.4 Å². The molecule has 6 heteroatoms. The SMILES string of the molecule is O=C(O)CCCCCCCCCCCCCNC(=O)CNC1CCOCC1. The number of carboxylic acid groups (broad SMARTS) is 1. The first kappa shape index (κ1) is 23.9. The van der Waals surface area contributed by atoms with Crippen LogP contribution in [0.25, 0.3) is 0 Å². The quantitative estimate of drug-likeness (QED) is 0.333. The molecule has 0 aliphatic carbocycles. The Hall–Kier alpha value is -1.14. The number of aliphatic carboxylic acids is 1. The Morgan fingerprint density at radius 3 is 1.89 bits per heavy atom. The van der Waals surface area contributed by atoms with E-state index in [-0.39, 0.29) is 5.91 Å². The highest BCUT2D eigenvalue weighted by atomic mass is 16.5. The van der Waals surface area contributed by atoms with E-state index >= 15 is 0 Å². The Morgan fingerprint density at radius 2 is 1.33 bits per heavy atom. The van der Waals surface area contributed by atoms with Crippen molar-refractivity contribution in [2.75, 3.05) is 26.3 Å². The molecule has 0 unspecified atom stereocenters. The number of nitrogens with one attached hydrogen (secondary N) is 2. The Bertz CT molecular complexity index is 384. The van der Waals surface area contributed by atoms with Gasteiger partial charge in [0.15, 0.2) is 0 Å². The lowest BCUT2D eigenvalue weighted by molar-refractivity contribution is -0.137. The van der Waals surface area contributed by atoms with Crippen molar-refractivity contribution in [3.05, 3.63) is 0 Å². The smallest absolute Gasteiger partial charge is 0.303 e. The Labute approximate surface area is 164 Å². The van der Waals surface area contributed by atoms with E-state index in [1.54, 1.807) is 0 Å².